The minimum absolute atomic E-state index is 1.16. The quantitative estimate of drug-likeness (QED) is 0.535. The van der Waals surface area contributed by atoms with Gasteiger partial charge in [-0.15, -0.1) is 0 Å². The number of aromatic amines is 1. The van der Waals surface area contributed by atoms with E-state index < -0.39 is 0 Å². The molecule has 0 bridgehead atoms. The number of hydrogen-bond donors (Lipinski definition) is 1. The third-order valence-electron chi connectivity index (χ3n) is 4.15. The van der Waals surface area contributed by atoms with Gasteiger partial charge in [-0.05, 0) is 47.7 Å². The van der Waals surface area contributed by atoms with E-state index in [1.165, 1.54) is 53.3 Å². The first kappa shape index (κ1) is 13.9. The standard InChI is InChI=1S/C20H23N/c1-2-3-4-6-11-17-14-19(16-9-7-5-8-10-16)15-18-12-13-21-20(17)18/h5,7-10,12-15,21H,2-4,6,11H2,1H3. The van der Waals surface area contributed by atoms with E-state index in [0.29, 0.717) is 0 Å². The lowest BCUT2D eigenvalue weighted by Crippen LogP contribution is -1.90. The maximum absolute atomic E-state index is 3.41. The van der Waals surface area contributed by atoms with Crippen LogP contribution in [0.3, 0.4) is 0 Å². The molecule has 3 aromatic rings. The van der Waals surface area contributed by atoms with E-state index in [0.717, 1.165) is 6.42 Å². The van der Waals surface area contributed by atoms with Gasteiger partial charge in [-0.25, -0.2) is 0 Å². The number of aryl methyl sites for hydroxylation is 1. The Labute approximate surface area is 127 Å². The fourth-order valence-corrected chi connectivity index (χ4v) is 2.99. The molecule has 0 saturated carbocycles. The average molecular weight is 277 g/mol. The Bertz CT molecular complexity index is 694. The van der Waals surface area contributed by atoms with E-state index >= 15 is 0 Å². The number of nitrogens with one attached hydrogen (secondary N) is 1. The van der Waals surface area contributed by atoms with Gasteiger partial charge in [0.2, 0.25) is 0 Å². The number of benzene rings is 2. The first-order chi connectivity index (χ1) is 10.4. The van der Waals surface area contributed by atoms with Crippen LogP contribution < -0.4 is 0 Å². The van der Waals surface area contributed by atoms with E-state index in [1.54, 1.807) is 0 Å². The van der Waals surface area contributed by atoms with Gasteiger partial charge in [-0.2, -0.15) is 0 Å². The highest BCUT2D eigenvalue weighted by molar-refractivity contribution is 5.88. The lowest BCUT2D eigenvalue weighted by atomic mass is 9.97. The Kier molecular flexibility index (Phi) is 4.40. The first-order valence-electron chi connectivity index (χ1n) is 8.04. The smallest absolute Gasteiger partial charge is 0.0486 e. The zero-order valence-electron chi connectivity index (χ0n) is 12.7. The predicted octanol–water partition coefficient (Wildman–Crippen LogP) is 5.96. The van der Waals surface area contributed by atoms with Crippen LogP contribution in [0.2, 0.25) is 0 Å². The largest absolute Gasteiger partial charge is 0.361 e. The number of rotatable bonds is 6. The number of unbranched alkanes of at least 4 members (excludes halogenated alkanes) is 3. The molecule has 0 atom stereocenters. The molecule has 21 heavy (non-hydrogen) atoms. The van der Waals surface area contributed by atoms with Crippen molar-refractivity contribution in [1.29, 1.82) is 0 Å². The topological polar surface area (TPSA) is 15.8 Å². The average Bonchev–Trinajstić information content (AvgIpc) is 3.01. The fraction of sp³-hybridized carbons (Fsp3) is 0.300. The molecule has 1 heteroatoms. The van der Waals surface area contributed by atoms with Crippen LogP contribution in [0.1, 0.15) is 38.2 Å². The Morgan fingerprint density at radius 3 is 2.52 bits per heavy atom. The van der Waals surface area contributed by atoms with Crippen molar-refractivity contribution < 1.29 is 0 Å². The van der Waals surface area contributed by atoms with Crippen LogP contribution in [0.4, 0.5) is 0 Å². The summed E-state index contributed by atoms with van der Waals surface area (Å²) in [5.41, 5.74) is 5.39. The van der Waals surface area contributed by atoms with Crippen LogP contribution in [0.15, 0.2) is 54.7 Å². The maximum Gasteiger partial charge on any atom is 0.0486 e. The van der Waals surface area contributed by atoms with Crippen molar-refractivity contribution in [1.82, 2.24) is 4.98 Å². The zero-order chi connectivity index (χ0) is 14.5. The van der Waals surface area contributed by atoms with E-state index in [2.05, 4.69) is 66.6 Å². The van der Waals surface area contributed by atoms with E-state index in [4.69, 9.17) is 0 Å². The van der Waals surface area contributed by atoms with Crippen LogP contribution in [-0.4, -0.2) is 4.98 Å². The van der Waals surface area contributed by atoms with Crippen molar-refractivity contribution in [2.24, 2.45) is 0 Å². The minimum atomic E-state index is 1.16. The van der Waals surface area contributed by atoms with Crippen LogP contribution in [-0.2, 0) is 6.42 Å². The molecular weight excluding hydrogens is 254 g/mol. The molecule has 1 nitrogen and oxygen atoms in total. The predicted molar refractivity (Wildman–Crippen MR) is 91.6 cm³/mol. The third kappa shape index (κ3) is 3.18. The summed E-state index contributed by atoms with van der Waals surface area (Å²) in [5, 5.41) is 1.32. The molecule has 0 unspecified atom stereocenters. The second-order valence-electron chi connectivity index (χ2n) is 5.75. The van der Waals surface area contributed by atoms with Crippen LogP contribution in [0, 0.1) is 0 Å². The van der Waals surface area contributed by atoms with Crippen molar-refractivity contribution in [2.75, 3.05) is 0 Å². The fourth-order valence-electron chi connectivity index (χ4n) is 2.99. The molecule has 0 aliphatic rings. The van der Waals surface area contributed by atoms with Gasteiger partial charge in [0, 0.05) is 17.1 Å². The molecule has 0 amide bonds. The molecule has 0 aliphatic heterocycles. The van der Waals surface area contributed by atoms with Crippen LogP contribution >= 0.6 is 0 Å². The summed E-state index contributed by atoms with van der Waals surface area (Å²) < 4.78 is 0. The van der Waals surface area contributed by atoms with Gasteiger partial charge in [-0.3, -0.25) is 0 Å². The second kappa shape index (κ2) is 6.62. The van der Waals surface area contributed by atoms with Gasteiger partial charge in [0.15, 0.2) is 0 Å². The summed E-state index contributed by atoms with van der Waals surface area (Å²) in [6.45, 7) is 2.26. The summed E-state index contributed by atoms with van der Waals surface area (Å²) in [6, 6.07) is 17.5. The summed E-state index contributed by atoms with van der Waals surface area (Å²) >= 11 is 0. The molecule has 0 aliphatic carbocycles. The van der Waals surface area contributed by atoms with Gasteiger partial charge < -0.3 is 4.98 Å². The van der Waals surface area contributed by atoms with Gasteiger partial charge in [0.25, 0.3) is 0 Å². The van der Waals surface area contributed by atoms with Crippen molar-refractivity contribution in [2.45, 2.75) is 39.0 Å². The molecule has 0 saturated heterocycles. The Hall–Kier alpha value is -2.02. The normalized spacial score (nSPS) is 11.1. The van der Waals surface area contributed by atoms with E-state index in [1.807, 2.05) is 0 Å². The van der Waals surface area contributed by atoms with Crippen molar-refractivity contribution in [3.8, 4) is 11.1 Å². The van der Waals surface area contributed by atoms with Crippen LogP contribution in [0.25, 0.3) is 22.0 Å². The molecule has 0 spiro atoms. The van der Waals surface area contributed by atoms with Gasteiger partial charge in [-0.1, -0.05) is 56.5 Å². The molecule has 1 heterocycles. The van der Waals surface area contributed by atoms with Gasteiger partial charge >= 0.3 is 0 Å². The second-order valence-corrected chi connectivity index (χ2v) is 5.75. The van der Waals surface area contributed by atoms with Crippen molar-refractivity contribution in [3.05, 3.63) is 60.3 Å². The summed E-state index contributed by atoms with van der Waals surface area (Å²) in [7, 11) is 0. The Morgan fingerprint density at radius 2 is 1.71 bits per heavy atom. The lowest BCUT2D eigenvalue weighted by Gasteiger charge is -2.08. The van der Waals surface area contributed by atoms with Gasteiger partial charge in [0.05, 0.1) is 0 Å². The summed E-state index contributed by atoms with van der Waals surface area (Å²) in [6.07, 6.45) is 8.45. The minimum Gasteiger partial charge on any atom is -0.361 e. The third-order valence-corrected chi connectivity index (χ3v) is 4.15. The highest BCUT2D eigenvalue weighted by atomic mass is 14.7. The van der Waals surface area contributed by atoms with E-state index in [-0.39, 0.29) is 0 Å². The number of H-pyrrole nitrogens is 1. The summed E-state index contributed by atoms with van der Waals surface area (Å²) in [4.78, 5) is 3.41. The lowest BCUT2D eigenvalue weighted by molar-refractivity contribution is 0.668. The molecule has 0 radical (unpaired) electrons. The Balaban J connectivity index is 1.92. The summed E-state index contributed by atoms with van der Waals surface area (Å²) in [5.74, 6) is 0. The molecule has 108 valence electrons. The highest BCUT2D eigenvalue weighted by Gasteiger charge is 2.06. The zero-order valence-corrected chi connectivity index (χ0v) is 12.7. The molecule has 1 aromatic heterocycles. The molecule has 2 aromatic carbocycles. The number of aromatic nitrogens is 1. The number of fused-ring (bicyclic) bond motifs is 1. The SMILES string of the molecule is CCCCCCc1cc(-c2ccccc2)cc2cc[nH]c12. The first-order valence-corrected chi connectivity index (χ1v) is 8.04. The molecule has 3 rings (SSSR count). The Morgan fingerprint density at radius 1 is 0.857 bits per heavy atom. The van der Waals surface area contributed by atoms with Crippen molar-refractivity contribution in [3.63, 3.8) is 0 Å². The molecular formula is C20H23N. The maximum atomic E-state index is 3.41. The molecule has 0 fully saturated rings. The van der Waals surface area contributed by atoms with Gasteiger partial charge in [0.1, 0.15) is 0 Å². The highest BCUT2D eigenvalue weighted by Crippen LogP contribution is 2.28. The van der Waals surface area contributed by atoms with E-state index in [9.17, 15) is 0 Å². The monoisotopic (exact) mass is 277 g/mol. The molecule has 1 N–H and O–H groups in total. The van der Waals surface area contributed by atoms with Crippen molar-refractivity contribution >= 4 is 10.9 Å². The number of hydrogen-bond acceptors (Lipinski definition) is 0. The van der Waals surface area contributed by atoms with Crippen LogP contribution in [0.5, 0.6) is 0 Å².